The van der Waals surface area contributed by atoms with Crippen LogP contribution in [0, 0.1) is 5.92 Å². The number of Topliss-reactive ketones (excluding diaryl/α,β-unsaturated/α-hetero) is 1. The normalized spacial score (nSPS) is 17.6. The van der Waals surface area contributed by atoms with E-state index in [2.05, 4.69) is 16.8 Å². The van der Waals surface area contributed by atoms with Crippen molar-refractivity contribution in [2.24, 2.45) is 11.7 Å². The van der Waals surface area contributed by atoms with Gasteiger partial charge in [0, 0.05) is 24.2 Å². The van der Waals surface area contributed by atoms with E-state index in [1.807, 2.05) is 54.6 Å². The van der Waals surface area contributed by atoms with Gasteiger partial charge in [-0.25, -0.2) is 0 Å². The molecular formula is C29H35N3O3. The van der Waals surface area contributed by atoms with Crippen molar-refractivity contribution in [2.75, 3.05) is 19.0 Å². The van der Waals surface area contributed by atoms with Gasteiger partial charge in [0.2, 0.25) is 5.91 Å². The summed E-state index contributed by atoms with van der Waals surface area (Å²) in [6, 6.07) is 17.6. The molecule has 4 rings (SSSR count). The molecule has 0 aromatic heterocycles. The Morgan fingerprint density at radius 3 is 2.63 bits per heavy atom. The van der Waals surface area contributed by atoms with Gasteiger partial charge in [-0.05, 0) is 73.8 Å². The van der Waals surface area contributed by atoms with Crippen molar-refractivity contribution in [3.8, 4) is 5.75 Å². The minimum absolute atomic E-state index is 0.0136. The second-order valence-electron chi connectivity index (χ2n) is 9.46. The van der Waals surface area contributed by atoms with Crippen molar-refractivity contribution in [2.45, 2.75) is 51.0 Å². The summed E-state index contributed by atoms with van der Waals surface area (Å²) in [7, 11) is 1.65. The average molecular weight is 474 g/mol. The monoisotopic (exact) mass is 473 g/mol. The van der Waals surface area contributed by atoms with E-state index in [-0.39, 0.29) is 17.7 Å². The molecule has 2 atom stereocenters. The lowest BCUT2D eigenvalue weighted by atomic mass is 9.89. The first kappa shape index (κ1) is 24.6. The summed E-state index contributed by atoms with van der Waals surface area (Å²) < 4.78 is 5.36. The highest BCUT2D eigenvalue weighted by molar-refractivity contribution is 6.00. The minimum Gasteiger partial charge on any atom is -0.497 e. The van der Waals surface area contributed by atoms with Gasteiger partial charge in [-0.15, -0.1) is 0 Å². The molecule has 3 N–H and O–H groups in total. The number of ether oxygens (including phenoxy) is 1. The summed E-state index contributed by atoms with van der Waals surface area (Å²) >= 11 is 0. The molecule has 184 valence electrons. The first-order chi connectivity index (χ1) is 17.0. The Hall–Kier alpha value is -3.54. The summed E-state index contributed by atoms with van der Waals surface area (Å²) in [6.45, 7) is 4.91. The van der Waals surface area contributed by atoms with Crippen LogP contribution in [0.5, 0.6) is 5.75 Å². The number of nitrogens with one attached hydrogen (secondary N) is 1. The number of aryl methyl sites for hydroxylation is 1. The fourth-order valence-corrected chi connectivity index (χ4v) is 4.77. The largest absolute Gasteiger partial charge is 0.497 e. The fraction of sp³-hybridized carbons (Fsp3) is 0.379. The Balaban J connectivity index is 1.43. The number of nitrogens with two attached hydrogens (primary N) is 1. The number of anilines is 1. The Labute approximate surface area is 207 Å². The molecule has 35 heavy (non-hydrogen) atoms. The van der Waals surface area contributed by atoms with Crippen LogP contribution >= 0.6 is 0 Å². The summed E-state index contributed by atoms with van der Waals surface area (Å²) in [5.41, 5.74) is 9.61. The van der Waals surface area contributed by atoms with Gasteiger partial charge in [0.15, 0.2) is 5.78 Å². The molecule has 1 heterocycles. The van der Waals surface area contributed by atoms with Crippen LogP contribution in [-0.2, 0) is 16.0 Å². The number of hydrogen-bond acceptors (Lipinski definition) is 5. The number of rotatable bonds is 12. The van der Waals surface area contributed by atoms with E-state index in [0.29, 0.717) is 18.4 Å². The summed E-state index contributed by atoms with van der Waals surface area (Å²) in [5, 5.41) is 3.55. The van der Waals surface area contributed by atoms with E-state index in [1.165, 1.54) is 5.57 Å². The number of benzene rings is 2. The summed E-state index contributed by atoms with van der Waals surface area (Å²) in [4.78, 5) is 27.9. The predicted octanol–water partition coefficient (Wildman–Crippen LogP) is 4.83. The fourth-order valence-electron chi connectivity index (χ4n) is 4.77. The number of primary amides is 1. The molecule has 1 amide bonds. The van der Waals surface area contributed by atoms with Gasteiger partial charge in [0.05, 0.1) is 13.2 Å². The molecule has 0 radical (unpaired) electrons. The predicted molar refractivity (Wildman–Crippen MR) is 139 cm³/mol. The number of methoxy groups -OCH3 is 1. The van der Waals surface area contributed by atoms with Crippen LogP contribution in [0.2, 0.25) is 0 Å². The standard InChI is InChI=1S/C29H35N3O3/c1-20(18-23(28(30)34)14-13-21-8-4-3-5-9-21)27(33)26-12-7-17-32(26)29(22-15-16-22)31-24-10-6-11-25(19-24)35-2/h3-6,8-11,19,23,26,31H,1,7,12-18H2,2H3,(H2,30,34)/t23-,26+/m1/s1. The van der Waals surface area contributed by atoms with E-state index >= 15 is 0 Å². The van der Waals surface area contributed by atoms with E-state index in [9.17, 15) is 9.59 Å². The molecule has 0 unspecified atom stereocenters. The highest BCUT2D eigenvalue weighted by Gasteiger charge is 2.36. The second-order valence-corrected chi connectivity index (χ2v) is 9.46. The third-order valence-corrected chi connectivity index (χ3v) is 6.88. The van der Waals surface area contributed by atoms with Crippen LogP contribution in [0.25, 0.3) is 0 Å². The number of ketones is 1. The molecule has 2 aromatic rings. The minimum atomic E-state index is -0.405. The zero-order valence-electron chi connectivity index (χ0n) is 20.5. The maximum Gasteiger partial charge on any atom is 0.220 e. The zero-order valence-corrected chi connectivity index (χ0v) is 20.5. The number of carbonyl (C=O) groups excluding carboxylic acids is 2. The molecule has 2 aliphatic rings. The van der Waals surface area contributed by atoms with E-state index in [4.69, 9.17) is 10.5 Å². The van der Waals surface area contributed by atoms with Crippen LogP contribution in [0.1, 0.15) is 44.1 Å². The summed E-state index contributed by atoms with van der Waals surface area (Å²) in [5.74, 6) is 1.04. The molecule has 2 aromatic carbocycles. The van der Waals surface area contributed by atoms with Gasteiger partial charge < -0.3 is 20.7 Å². The molecular weight excluding hydrogens is 438 g/mol. The van der Waals surface area contributed by atoms with Crippen molar-refractivity contribution in [3.05, 3.63) is 83.7 Å². The van der Waals surface area contributed by atoms with Crippen LogP contribution in [0.3, 0.4) is 0 Å². The van der Waals surface area contributed by atoms with Crippen molar-refractivity contribution in [3.63, 3.8) is 0 Å². The van der Waals surface area contributed by atoms with Gasteiger partial charge in [-0.3, -0.25) is 9.59 Å². The number of carbonyl (C=O) groups is 2. The van der Waals surface area contributed by atoms with Crippen LogP contribution in [0.15, 0.2) is 78.1 Å². The van der Waals surface area contributed by atoms with Crippen LogP contribution in [-0.4, -0.2) is 36.3 Å². The topological polar surface area (TPSA) is 84.7 Å². The Bertz CT molecular complexity index is 1100. The van der Waals surface area contributed by atoms with Gasteiger partial charge >= 0.3 is 0 Å². The lowest BCUT2D eigenvalue weighted by Gasteiger charge is -2.30. The maximum absolute atomic E-state index is 13.5. The Morgan fingerprint density at radius 2 is 1.94 bits per heavy atom. The molecule has 6 heteroatoms. The van der Waals surface area contributed by atoms with Crippen molar-refractivity contribution in [1.82, 2.24) is 4.90 Å². The van der Waals surface area contributed by atoms with Gasteiger partial charge in [0.25, 0.3) is 0 Å². The quantitative estimate of drug-likeness (QED) is 0.432. The van der Waals surface area contributed by atoms with E-state index < -0.39 is 5.92 Å². The third-order valence-electron chi connectivity index (χ3n) is 6.88. The van der Waals surface area contributed by atoms with Crippen molar-refractivity contribution < 1.29 is 14.3 Å². The Kier molecular flexibility index (Phi) is 7.91. The lowest BCUT2D eigenvalue weighted by Crippen LogP contribution is -2.39. The van der Waals surface area contributed by atoms with Gasteiger partial charge in [-0.1, -0.05) is 43.0 Å². The van der Waals surface area contributed by atoms with E-state index in [1.54, 1.807) is 7.11 Å². The van der Waals surface area contributed by atoms with Crippen molar-refractivity contribution >= 4 is 17.4 Å². The average Bonchev–Trinajstić information content (AvgIpc) is 3.61. The molecule has 1 saturated heterocycles. The summed E-state index contributed by atoms with van der Waals surface area (Å²) in [6.07, 6.45) is 5.44. The van der Waals surface area contributed by atoms with Gasteiger partial charge in [-0.2, -0.15) is 0 Å². The molecule has 0 bridgehead atoms. The smallest absolute Gasteiger partial charge is 0.220 e. The van der Waals surface area contributed by atoms with Gasteiger partial charge in [0.1, 0.15) is 11.6 Å². The molecule has 2 fully saturated rings. The molecule has 0 spiro atoms. The lowest BCUT2D eigenvalue weighted by molar-refractivity contribution is -0.122. The zero-order chi connectivity index (χ0) is 24.8. The Morgan fingerprint density at radius 1 is 1.17 bits per heavy atom. The SMILES string of the molecule is C=C(C[C@@H](CCc1ccccc1)C(N)=O)C(=O)[C@@H]1CCCN1C(Nc1cccc(OC)c1)=C1CC1. The highest BCUT2D eigenvalue weighted by atomic mass is 16.5. The van der Waals surface area contributed by atoms with Crippen LogP contribution in [0.4, 0.5) is 5.69 Å². The molecule has 1 aliphatic heterocycles. The number of nitrogens with zero attached hydrogens (tertiary/aromatic N) is 1. The number of hydrogen-bond donors (Lipinski definition) is 2. The highest BCUT2D eigenvalue weighted by Crippen LogP contribution is 2.37. The number of allylic oxidation sites excluding steroid dienone is 1. The number of amides is 1. The first-order valence-corrected chi connectivity index (χ1v) is 12.4. The molecule has 1 aliphatic carbocycles. The van der Waals surface area contributed by atoms with Crippen LogP contribution < -0.4 is 15.8 Å². The molecule has 6 nitrogen and oxygen atoms in total. The van der Waals surface area contributed by atoms with E-state index in [0.717, 1.165) is 61.5 Å². The molecule has 1 saturated carbocycles. The maximum atomic E-state index is 13.5. The second kappa shape index (κ2) is 11.3. The first-order valence-electron chi connectivity index (χ1n) is 12.4. The third kappa shape index (κ3) is 6.32. The van der Waals surface area contributed by atoms with Crippen molar-refractivity contribution in [1.29, 1.82) is 0 Å². The number of likely N-dealkylation sites (tertiary alicyclic amines) is 1.